The third-order valence-corrected chi connectivity index (χ3v) is 3.82. The van der Waals surface area contributed by atoms with Crippen molar-refractivity contribution in [1.29, 1.82) is 0 Å². The van der Waals surface area contributed by atoms with Crippen molar-refractivity contribution in [3.8, 4) is 0 Å². The lowest BCUT2D eigenvalue weighted by molar-refractivity contribution is 0.586. The molecule has 2 aromatic carbocycles. The Labute approximate surface area is 113 Å². The molecule has 1 aliphatic rings. The first-order chi connectivity index (χ1) is 9.24. The van der Waals surface area contributed by atoms with Gasteiger partial charge in [0.15, 0.2) is 0 Å². The summed E-state index contributed by atoms with van der Waals surface area (Å²) in [6.45, 7) is 1.91. The van der Waals surface area contributed by atoms with Crippen LogP contribution in [0.25, 0.3) is 0 Å². The van der Waals surface area contributed by atoms with Gasteiger partial charge < -0.3 is 5.32 Å². The standard InChI is InChI=1S/C17H18FN/c1-12-9-10-17(15(18)11-12)19-16-8-4-6-13-5-2-3-7-14(13)16/h2-3,5,7,9-11,16,19H,4,6,8H2,1H3. The second-order valence-electron chi connectivity index (χ2n) is 5.27. The summed E-state index contributed by atoms with van der Waals surface area (Å²) in [6, 6.07) is 14.0. The molecule has 0 aliphatic heterocycles. The first-order valence-electron chi connectivity index (χ1n) is 6.84. The van der Waals surface area contributed by atoms with Crippen LogP contribution >= 0.6 is 0 Å². The maximum absolute atomic E-state index is 13.9. The molecule has 1 aliphatic carbocycles. The molecule has 0 heterocycles. The Morgan fingerprint density at radius 3 is 2.84 bits per heavy atom. The van der Waals surface area contributed by atoms with Crippen LogP contribution in [0.3, 0.4) is 0 Å². The molecular formula is C17H18FN. The molecule has 0 radical (unpaired) electrons. The Balaban J connectivity index is 1.88. The summed E-state index contributed by atoms with van der Waals surface area (Å²) in [5.74, 6) is -0.164. The van der Waals surface area contributed by atoms with Gasteiger partial charge in [0.25, 0.3) is 0 Å². The summed E-state index contributed by atoms with van der Waals surface area (Å²) in [6.07, 6.45) is 3.34. The molecule has 0 saturated heterocycles. The van der Waals surface area contributed by atoms with E-state index in [0.717, 1.165) is 24.8 Å². The molecule has 1 N–H and O–H groups in total. The van der Waals surface area contributed by atoms with Gasteiger partial charge in [0, 0.05) is 0 Å². The van der Waals surface area contributed by atoms with Gasteiger partial charge in [0.05, 0.1) is 11.7 Å². The molecule has 0 fully saturated rings. The minimum atomic E-state index is -0.164. The van der Waals surface area contributed by atoms with Gasteiger partial charge in [0.2, 0.25) is 0 Å². The molecule has 1 unspecified atom stereocenters. The maximum atomic E-state index is 13.9. The van der Waals surface area contributed by atoms with Crippen LogP contribution in [-0.4, -0.2) is 0 Å². The molecular weight excluding hydrogens is 237 g/mol. The normalized spacial score (nSPS) is 17.9. The summed E-state index contributed by atoms with van der Waals surface area (Å²) >= 11 is 0. The van der Waals surface area contributed by atoms with E-state index in [0.29, 0.717) is 5.69 Å². The summed E-state index contributed by atoms with van der Waals surface area (Å²) in [4.78, 5) is 0. The molecule has 2 heteroatoms. The van der Waals surface area contributed by atoms with Crippen LogP contribution in [0.15, 0.2) is 42.5 Å². The number of halogens is 1. The van der Waals surface area contributed by atoms with Crippen molar-refractivity contribution in [2.24, 2.45) is 0 Å². The summed E-state index contributed by atoms with van der Waals surface area (Å²) in [5, 5.41) is 3.36. The van der Waals surface area contributed by atoms with E-state index >= 15 is 0 Å². The summed E-state index contributed by atoms with van der Waals surface area (Å²) < 4.78 is 13.9. The average molecular weight is 255 g/mol. The van der Waals surface area contributed by atoms with Crippen LogP contribution in [0.4, 0.5) is 10.1 Å². The number of anilines is 1. The van der Waals surface area contributed by atoms with Crippen LogP contribution < -0.4 is 5.32 Å². The lowest BCUT2D eigenvalue weighted by atomic mass is 9.87. The molecule has 0 amide bonds. The lowest BCUT2D eigenvalue weighted by Crippen LogP contribution is -2.17. The number of nitrogens with one attached hydrogen (secondary N) is 1. The van der Waals surface area contributed by atoms with Crippen molar-refractivity contribution >= 4 is 5.69 Å². The Bertz CT molecular complexity index is 592. The lowest BCUT2D eigenvalue weighted by Gasteiger charge is -2.27. The minimum absolute atomic E-state index is 0.164. The zero-order valence-corrected chi connectivity index (χ0v) is 11.1. The Hall–Kier alpha value is -1.83. The molecule has 98 valence electrons. The molecule has 0 aromatic heterocycles. The van der Waals surface area contributed by atoms with Gasteiger partial charge in [-0.05, 0) is 55.0 Å². The predicted molar refractivity (Wildman–Crippen MR) is 76.9 cm³/mol. The average Bonchev–Trinajstić information content (AvgIpc) is 2.42. The van der Waals surface area contributed by atoms with Gasteiger partial charge in [-0.15, -0.1) is 0 Å². The van der Waals surface area contributed by atoms with Crippen LogP contribution in [-0.2, 0) is 6.42 Å². The highest BCUT2D eigenvalue weighted by Crippen LogP contribution is 2.33. The smallest absolute Gasteiger partial charge is 0.146 e. The summed E-state index contributed by atoms with van der Waals surface area (Å²) in [7, 11) is 0. The zero-order valence-electron chi connectivity index (χ0n) is 11.1. The van der Waals surface area contributed by atoms with Crippen LogP contribution in [0, 0.1) is 12.7 Å². The maximum Gasteiger partial charge on any atom is 0.146 e. The molecule has 0 spiro atoms. The van der Waals surface area contributed by atoms with E-state index in [9.17, 15) is 4.39 Å². The number of hydrogen-bond donors (Lipinski definition) is 1. The highest BCUT2D eigenvalue weighted by molar-refractivity contribution is 5.49. The Kier molecular flexibility index (Phi) is 3.24. The van der Waals surface area contributed by atoms with E-state index in [1.807, 2.05) is 19.1 Å². The van der Waals surface area contributed by atoms with Gasteiger partial charge in [-0.2, -0.15) is 0 Å². The van der Waals surface area contributed by atoms with E-state index in [1.54, 1.807) is 6.07 Å². The highest BCUT2D eigenvalue weighted by Gasteiger charge is 2.20. The molecule has 1 nitrogen and oxygen atoms in total. The van der Waals surface area contributed by atoms with Gasteiger partial charge in [-0.3, -0.25) is 0 Å². The van der Waals surface area contributed by atoms with Gasteiger partial charge in [-0.25, -0.2) is 4.39 Å². The van der Waals surface area contributed by atoms with Crippen molar-refractivity contribution in [3.05, 3.63) is 65.0 Å². The highest BCUT2D eigenvalue weighted by atomic mass is 19.1. The predicted octanol–water partition coefficient (Wildman–Crippen LogP) is 4.62. The largest absolute Gasteiger partial charge is 0.376 e. The number of aryl methyl sites for hydroxylation is 2. The molecule has 0 saturated carbocycles. The van der Waals surface area contributed by atoms with Crippen molar-refractivity contribution < 1.29 is 4.39 Å². The molecule has 0 bridgehead atoms. The first-order valence-corrected chi connectivity index (χ1v) is 6.84. The van der Waals surface area contributed by atoms with E-state index < -0.39 is 0 Å². The fourth-order valence-corrected chi connectivity index (χ4v) is 2.83. The quantitative estimate of drug-likeness (QED) is 0.825. The molecule has 19 heavy (non-hydrogen) atoms. The first kappa shape index (κ1) is 12.2. The Morgan fingerprint density at radius 1 is 1.16 bits per heavy atom. The van der Waals surface area contributed by atoms with Gasteiger partial charge in [-0.1, -0.05) is 30.3 Å². The third-order valence-electron chi connectivity index (χ3n) is 3.82. The molecule has 3 rings (SSSR count). The fraction of sp³-hybridized carbons (Fsp3) is 0.294. The van der Waals surface area contributed by atoms with E-state index in [1.165, 1.54) is 11.1 Å². The summed E-state index contributed by atoms with van der Waals surface area (Å²) in [5.41, 5.74) is 4.26. The van der Waals surface area contributed by atoms with Crippen LogP contribution in [0.2, 0.25) is 0 Å². The number of benzene rings is 2. The Morgan fingerprint density at radius 2 is 2.00 bits per heavy atom. The van der Waals surface area contributed by atoms with Crippen molar-refractivity contribution in [3.63, 3.8) is 0 Å². The minimum Gasteiger partial charge on any atom is -0.376 e. The van der Waals surface area contributed by atoms with Crippen molar-refractivity contribution in [2.45, 2.75) is 32.2 Å². The van der Waals surface area contributed by atoms with Gasteiger partial charge in [0.1, 0.15) is 5.82 Å². The van der Waals surface area contributed by atoms with E-state index in [4.69, 9.17) is 0 Å². The molecule has 2 aromatic rings. The number of hydrogen-bond acceptors (Lipinski definition) is 1. The third kappa shape index (κ3) is 2.48. The van der Waals surface area contributed by atoms with Crippen molar-refractivity contribution in [2.75, 3.05) is 5.32 Å². The second kappa shape index (κ2) is 5.04. The number of fused-ring (bicyclic) bond motifs is 1. The van der Waals surface area contributed by atoms with E-state index in [2.05, 4.69) is 29.6 Å². The van der Waals surface area contributed by atoms with E-state index in [-0.39, 0.29) is 11.9 Å². The second-order valence-corrected chi connectivity index (χ2v) is 5.27. The SMILES string of the molecule is Cc1ccc(NC2CCCc3ccccc32)c(F)c1. The van der Waals surface area contributed by atoms with Gasteiger partial charge >= 0.3 is 0 Å². The number of rotatable bonds is 2. The van der Waals surface area contributed by atoms with Crippen LogP contribution in [0.5, 0.6) is 0 Å². The van der Waals surface area contributed by atoms with Crippen LogP contribution in [0.1, 0.15) is 35.6 Å². The fourth-order valence-electron chi connectivity index (χ4n) is 2.83. The molecule has 1 atom stereocenters. The monoisotopic (exact) mass is 255 g/mol. The zero-order chi connectivity index (χ0) is 13.2. The van der Waals surface area contributed by atoms with Crippen molar-refractivity contribution in [1.82, 2.24) is 0 Å². The topological polar surface area (TPSA) is 12.0 Å².